The Bertz CT molecular complexity index is 595. The van der Waals surface area contributed by atoms with Gasteiger partial charge in [-0.25, -0.2) is 4.98 Å². The van der Waals surface area contributed by atoms with E-state index >= 15 is 0 Å². The van der Waals surface area contributed by atoms with Crippen LogP contribution in [-0.2, 0) is 11.3 Å². The van der Waals surface area contributed by atoms with Gasteiger partial charge in [-0.3, -0.25) is 0 Å². The molecule has 1 aliphatic rings. The number of aromatic nitrogens is 2. The molecule has 2 unspecified atom stereocenters. The van der Waals surface area contributed by atoms with E-state index in [0.29, 0.717) is 6.04 Å². The van der Waals surface area contributed by atoms with Crippen molar-refractivity contribution in [2.45, 2.75) is 32.0 Å². The molecule has 5 heteroatoms. The van der Waals surface area contributed by atoms with E-state index < -0.39 is 0 Å². The fraction of sp³-hybridized carbons (Fsp3) is 0.533. The highest BCUT2D eigenvalue weighted by molar-refractivity contribution is 5.56. The van der Waals surface area contributed by atoms with E-state index in [4.69, 9.17) is 9.72 Å². The summed E-state index contributed by atoms with van der Waals surface area (Å²) in [6, 6.07) is 6.51. The Morgan fingerprint density at radius 3 is 3.05 bits per heavy atom. The first-order valence-corrected chi connectivity index (χ1v) is 7.17. The van der Waals surface area contributed by atoms with Crippen LogP contribution in [0.25, 0.3) is 5.65 Å². The van der Waals surface area contributed by atoms with Gasteiger partial charge in [-0.05, 0) is 32.5 Å². The first kappa shape index (κ1) is 13.4. The van der Waals surface area contributed by atoms with Crippen LogP contribution in [-0.4, -0.2) is 42.2 Å². The van der Waals surface area contributed by atoms with Crippen LogP contribution < -0.4 is 10.2 Å². The third-order valence-corrected chi connectivity index (χ3v) is 4.12. The maximum absolute atomic E-state index is 5.69. The number of ether oxygens (including phenoxy) is 1. The predicted octanol–water partition coefficient (Wildman–Crippen LogP) is 1.67. The van der Waals surface area contributed by atoms with Gasteiger partial charge in [-0.15, -0.1) is 0 Å². The Morgan fingerprint density at radius 1 is 1.50 bits per heavy atom. The predicted molar refractivity (Wildman–Crippen MR) is 80.2 cm³/mol. The molecule has 3 heterocycles. The minimum atomic E-state index is 0.257. The van der Waals surface area contributed by atoms with Crippen LogP contribution in [0.2, 0.25) is 0 Å². The smallest absolute Gasteiger partial charge is 0.152 e. The molecule has 0 spiro atoms. The van der Waals surface area contributed by atoms with Crippen molar-refractivity contribution in [2.75, 3.05) is 25.6 Å². The van der Waals surface area contributed by atoms with E-state index in [1.54, 1.807) is 0 Å². The molecule has 2 aromatic rings. The summed E-state index contributed by atoms with van der Waals surface area (Å²) in [6.07, 6.45) is 3.39. The summed E-state index contributed by atoms with van der Waals surface area (Å²) in [4.78, 5) is 7.08. The number of hydrogen-bond donors (Lipinski definition) is 1. The van der Waals surface area contributed by atoms with Gasteiger partial charge in [-0.2, -0.15) is 0 Å². The summed E-state index contributed by atoms with van der Waals surface area (Å²) in [5.41, 5.74) is 2.19. The molecule has 108 valence electrons. The Labute approximate surface area is 119 Å². The van der Waals surface area contributed by atoms with Crippen LogP contribution in [0.1, 0.15) is 19.0 Å². The Morgan fingerprint density at radius 2 is 2.35 bits per heavy atom. The molecule has 0 radical (unpaired) electrons. The largest absolute Gasteiger partial charge is 0.376 e. The van der Waals surface area contributed by atoms with Gasteiger partial charge in [0.2, 0.25) is 0 Å². The van der Waals surface area contributed by atoms with Crippen molar-refractivity contribution in [1.29, 1.82) is 0 Å². The second kappa shape index (κ2) is 5.42. The topological polar surface area (TPSA) is 41.8 Å². The van der Waals surface area contributed by atoms with Gasteiger partial charge in [0.15, 0.2) is 5.82 Å². The molecule has 20 heavy (non-hydrogen) atoms. The van der Waals surface area contributed by atoms with Crippen LogP contribution in [0.5, 0.6) is 0 Å². The summed E-state index contributed by atoms with van der Waals surface area (Å²) >= 11 is 0. The van der Waals surface area contributed by atoms with Crippen LogP contribution >= 0.6 is 0 Å². The molecular formula is C15H22N4O. The van der Waals surface area contributed by atoms with Gasteiger partial charge in [-0.1, -0.05) is 6.07 Å². The van der Waals surface area contributed by atoms with Crippen LogP contribution in [0.3, 0.4) is 0 Å². The number of nitrogens with one attached hydrogen (secondary N) is 1. The SMILES string of the molecule is CNCc1c(N(C)C2CCOC2C)nc2ccccn12. The molecule has 1 aliphatic heterocycles. The van der Waals surface area contributed by atoms with Crippen molar-refractivity contribution in [3.8, 4) is 0 Å². The van der Waals surface area contributed by atoms with Crippen molar-refractivity contribution < 1.29 is 4.74 Å². The molecule has 0 aromatic carbocycles. The Kier molecular flexibility index (Phi) is 3.63. The molecule has 0 bridgehead atoms. The molecule has 0 saturated carbocycles. The molecule has 0 aliphatic carbocycles. The highest BCUT2D eigenvalue weighted by atomic mass is 16.5. The lowest BCUT2D eigenvalue weighted by atomic mass is 10.1. The molecule has 5 nitrogen and oxygen atoms in total. The zero-order chi connectivity index (χ0) is 14.1. The molecule has 0 amide bonds. The Balaban J connectivity index is 2.03. The van der Waals surface area contributed by atoms with E-state index in [0.717, 1.165) is 31.0 Å². The molecular weight excluding hydrogens is 252 g/mol. The number of rotatable bonds is 4. The average Bonchev–Trinajstić information content (AvgIpc) is 3.03. The summed E-state index contributed by atoms with van der Waals surface area (Å²) in [5, 5.41) is 3.24. The summed E-state index contributed by atoms with van der Waals surface area (Å²) in [5.74, 6) is 1.05. The van der Waals surface area contributed by atoms with Crippen molar-refractivity contribution in [2.24, 2.45) is 0 Å². The first-order chi connectivity index (χ1) is 9.72. The molecule has 2 aromatic heterocycles. The monoisotopic (exact) mass is 274 g/mol. The highest BCUT2D eigenvalue weighted by Gasteiger charge is 2.30. The quantitative estimate of drug-likeness (QED) is 0.921. The maximum Gasteiger partial charge on any atom is 0.152 e. The van der Waals surface area contributed by atoms with E-state index in [2.05, 4.69) is 34.8 Å². The summed E-state index contributed by atoms with van der Waals surface area (Å²) < 4.78 is 7.85. The standard InChI is InChI=1S/C15H22N4O/c1-11-12(7-9-20-11)18(3)15-13(10-16-2)19-8-5-4-6-14(19)17-15/h4-6,8,11-12,16H,7,9-10H2,1-3H3. The number of imidazole rings is 1. The second-order valence-corrected chi connectivity index (χ2v) is 5.38. The van der Waals surface area contributed by atoms with Crippen LogP contribution in [0, 0.1) is 0 Å². The first-order valence-electron chi connectivity index (χ1n) is 7.17. The third kappa shape index (κ3) is 2.17. The number of anilines is 1. The molecule has 2 atom stereocenters. The molecule has 1 fully saturated rings. The van der Waals surface area contributed by atoms with Gasteiger partial charge >= 0.3 is 0 Å². The molecule has 3 rings (SSSR count). The lowest BCUT2D eigenvalue weighted by molar-refractivity contribution is 0.118. The number of nitrogens with zero attached hydrogens (tertiary/aromatic N) is 3. The summed E-state index contributed by atoms with van der Waals surface area (Å²) in [7, 11) is 4.09. The highest BCUT2D eigenvalue weighted by Crippen LogP contribution is 2.27. The van der Waals surface area contributed by atoms with E-state index in [1.807, 2.05) is 25.2 Å². The van der Waals surface area contributed by atoms with Crippen LogP contribution in [0.15, 0.2) is 24.4 Å². The third-order valence-electron chi connectivity index (χ3n) is 4.12. The molecule has 1 N–H and O–H groups in total. The van der Waals surface area contributed by atoms with Crippen molar-refractivity contribution >= 4 is 11.5 Å². The average molecular weight is 274 g/mol. The summed E-state index contributed by atoms with van der Waals surface area (Å²) in [6.45, 7) is 3.78. The van der Waals surface area contributed by atoms with Crippen molar-refractivity contribution in [3.05, 3.63) is 30.1 Å². The second-order valence-electron chi connectivity index (χ2n) is 5.38. The van der Waals surface area contributed by atoms with Gasteiger partial charge < -0.3 is 19.4 Å². The minimum absolute atomic E-state index is 0.257. The minimum Gasteiger partial charge on any atom is -0.376 e. The molecule has 1 saturated heterocycles. The number of hydrogen-bond acceptors (Lipinski definition) is 4. The fourth-order valence-electron chi connectivity index (χ4n) is 3.03. The Hall–Kier alpha value is -1.59. The van der Waals surface area contributed by atoms with E-state index in [-0.39, 0.29) is 6.10 Å². The normalized spacial score (nSPS) is 22.6. The van der Waals surface area contributed by atoms with Crippen molar-refractivity contribution in [3.63, 3.8) is 0 Å². The zero-order valence-corrected chi connectivity index (χ0v) is 12.3. The number of pyridine rings is 1. The van der Waals surface area contributed by atoms with Gasteiger partial charge in [0.05, 0.1) is 17.8 Å². The van der Waals surface area contributed by atoms with Crippen LogP contribution in [0.4, 0.5) is 5.82 Å². The fourth-order valence-corrected chi connectivity index (χ4v) is 3.03. The zero-order valence-electron chi connectivity index (χ0n) is 12.3. The van der Waals surface area contributed by atoms with E-state index in [9.17, 15) is 0 Å². The maximum atomic E-state index is 5.69. The van der Waals surface area contributed by atoms with Gasteiger partial charge in [0.25, 0.3) is 0 Å². The lowest BCUT2D eigenvalue weighted by Crippen LogP contribution is -2.37. The van der Waals surface area contributed by atoms with Gasteiger partial charge in [0.1, 0.15) is 5.65 Å². The number of fused-ring (bicyclic) bond motifs is 1. The number of likely N-dealkylation sites (N-methyl/N-ethyl adjacent to an activating group) is 1. The van der Waals surface area contributed by atoms with Crippen molar-refractivity contribution in [1.82, 2.24) is 14.7 Å². The van der Waals surface area contributed by atoms with E-state index in [1.165, 1.54) is 5.69 Å². The van der Waals surface area contributed by atoms with Gasteiger partial charge in [0, 0.05) is 26.4 Å². The lowest BCUT2D eigenvalue weighted by Gasteiger charge is -2.27.